The fourth-order valence-electron chi connectivity index (χ4n) is 6.31. The largest absolute Gasteiger partial charge is 0.380 e. The van der Waals surface area contributed by atoms with Gasteiger partial charge in [0.15, 0.2) is 0 Å². The summed E-state index contributed by atoms with van der Waals surface area (Å²) in [6.45, 7) is 2.82. The minimum atomic E-state index is 0.157. The second-order valence-corrected chi connectivity index (χ2v) is 10.6. The summed E-state index contributed by atoms with van der Waals surface area (Å²) in [5.41, 5.74) is 4.98. The molecule has 1 amide bonds. The molecule has 0 N–H and O–H groups in total. The second-order valence-electron chi connectivity index (χ2n) is 10.6. The molecule has 0 bridgehead atoms. The molecule has 184 valence electrons. The predicted octanol–water partition coefficient (Wildman–Crippen LogP) is 5.82. The summed E-state index contributed by atoms with van der Waals surface area (Å²) in [5, 5.41) is 1.28. The molecule has 5 nitrogen and oxygen atoms in total. The molecule has 3 aliphatic rings. The van der Waals surface area contributed by atoms with Crippen LogP contribution in [0.1, 0.15) is 50.1 Å². The summed E-state index contributed by atoms with van der Waals surface area (Å²) >= 11 is 0. The molecule has 6 rings (SSSR count). The third-order valence-corrected chi connectivity index (χ3v) is 8.33. The van der Waals surface area contributed by atoms with Crippen LogP contribution in [0.15, 0.2) is 54.6 Å². The van der Waals surface area contributed by atoms with Crippen molar-refractivity contribution in [1.82, 2.24) is 9.47 Å². The van der Waals surface area contributed by atoms with Crippen molar-refractivity contribution in [1.29, 1.82) is 0 Å². The molecule has 0 radical (unpaired) electrons. The molecule has 1 unspecified atom stereocenters. The van der Waals surface area contributed by atoms with E-state index < -0.39 is 0 Å². The fraction of sp³-hybridized carbons (Fsp3) is 0.500. The van der Waals surface area contributed by atoms with Crippen molar-refractivity contribution in [3.8, 4) is 11.3 Å². The van der Waals surface area contributed by atoms with Gasteiger partial charge in [0.2, 0.25) is 5.91 Å². The average Bonchev–Trinajstić information content (AvgIpc) is 3.69. The molecule has 2 heterocycles. The number of hydrogen-bond donors (Lipinski definition) is 0. The molecular weight excluding hydrogens is 436 g/mol. The SMILES string of the molecule is COCc1ccc(-c2cc3ccccc3n2C2CCC(C(=O)N3CCOCC3C3CC3)CC2)cc1. The molecule has 2 saturated carbocycles. The van der Waals surface area contributed by atoms with Gasteiger partial charge in [-0.05, 0) is 67.7 Å². The Bertz CT molecular complexity index is 1170. The molecule has 1 aromatic heterocycles. The molecule has 35 heavy (non-hydrogen) atoms. The Kier molecular flexibility index (Phi) is 6.38. The highest BCUT2D eigenvalue weighted by atomic mass is 16.5. The zero-order valence-electron chi connectivity index (χ0n) is 20.7. The van der Waals surface area contributed by atoms with Crippen LogP contribution in [-0.4, -0.2) is 48.3 Å². The first-order valence-electron chi connectivity index (χ1n) is 13.3. The van der Waals surface area contributed by atoms with E-state index in [1.54, 1.807) is 7.11 Å². The van der Waals surface area contributed by atoms with Gasteiger partial charge < -0.3 is 18.9 Å². The van der Waals surface area contributed by atoms with Crippen molar-refractivity contribution in [3.63, 3.8) is 0 Å². The first-order valence-corrected chi connectivity index (χ1v) is 13.3. The first kappa shape index (κ1) is 22.8. The van der Waals surface area contributed by atoms with E-state index in [9.17, 15) is 4.79 Å². The second kappa shape index (κ2) is 9.79. The highest BCUT2D eigenvalue weighted by molar-refractivity contribution is 5.87. The van der Waals surface area contributed by atoms with Gasteiger partial charge in [-0.2, -0.15) is 0 Å². The number of hydrogen-bond acceptors (Lipinski definition) is 3. The van der Waals surface area contributed by atoms with Gasteiger partial charge in [-0.3, -0.25) is 4.79 Å². The Hall–Kier alpha value is -2.63. The number of methoxy groups -OCH3 is 1. The van der Waals surface area contributed by atoms with E-state index in [4.69, 9.17) is 9.47 Å². The van der Waals surface area contributed by atoms with Crippen LogP contribution in [0, 0.1) is 11.8 Å². The van der Waals surface area contributed by atoms with E-state index in [-0.39, 0.29) is 5.92 Å². The number of morpholine rings is 1. The normalized spacial score (nSPS) is 25.2. The third-order valence-electron chi connectivity index (χ3n) is 8.33. The monoisotopic (exact) mass is 472 g/mol. The van der Waals surface area contributed by atoms with Crippen molar-refractivity contribution < 1.29 is 14.3 Å². The number of rotatable bonds is 6. The molecule has 1 aliphatic heterocycles. The van der Waals surface area contributed by atoms with E-state index >= 15 is 0 Å². The number of fused-ring (bicyclic) bond motifs is 1. The van der Waals surface area contributed by atoms with Crippen molar-refractivity contribution in [3.05, 3.63) is 60.2 Å². The molecule has 0 spiro atoms. The predicted molar refractivity (Wildman–Crippen MR) is 138 cm³/mol. The lowest BCUT2D eigenvalue weighted by molar-refractivity contribution is -0.146. The van der Waals surface area contributed by atoms with Gasteiger partial charge in [0.05, 0.1) is 25.9 Å². The number of nitrogens with zero attached hydrogens (tertiary/aromatic N) is 2. The Morgan fingerprint density at radius 1 is 1.00 bits per heavy atom. The van der Waals surface area contributed by atoms with Crippen LogP contribution in [-0.2, 0) is 20.9 Å². The molecule has 5 heteroatoms. The molecule has 2 aliphatic carbocycles. The van der Waals surface area contributed by atoms with Crippen LogP contribution in [0.4, 0.5) is 0 Å². The number of aromatic nitrogens is 1. The van der Waals surface area contributed by atoms with E-state index in [1.165, 1.54) is 40.6 Å². The van der Waals surface area contributed by atoms with Gasteiger partial charge in [0, 0.05) is 42.2 Å². The summed E-state index contributed by atoms with van der Waals surface area (Å²) < 4.78 is 13.6. The van der Waals surface area contributed by atoms with E-state index in [0.717, 1.165) is 38.8 Å². The molecule has 3 aromatic rings. The van der Waals surface area contributed by atoms with E-state index in [0.29, 0.717) is 37.1 Å². The van der Waals surface area contributed by atoms with E-state index in [1.807, 2.05) is 0 Å². The molecule has 1 saturated heterocycles. The number of benzene rings is 2. The topological polar surface area (TPSA) is 43.7 Å². The molecule has 3 fully saturated rings. The fourth-order valence-corrected chi connectivity index (χ4v) is 6.31. The lowest BCUT2D eigenvalue weighted by Gasteiger charge is -2.40. The number of amides is 1. The highest BCUT2D eigenvalue weighted by Crippen LogP contribution is 2.41. The summed E-state index contributed by atoms with van der Waals surface area (Å²) in [4.78, 5) is 15.7. The summed E-state index contributed by atoms with van der Waals surface area (Å²) in [7, 11) is 1.73. The smallest absolute Gasteiger partial charge is 0.226 e. The van der Waals surface area contributed by atoms with Gasteiger partial charge >= 0.3 is 0 Å². The van der Waals surface area contributed by atoms with Gasteiger partial charge in [0.1, 0.15) is 0 Å². The highest BCUT2D eigenvalue weighted by Gasteiger charge is 2.41. The Morgan fingerprint density at radius 2 is 1.77 bits per heavy atom. The van der Waals surface area contributed by atoms with Gasteiger partial charge in [-0.1, -0.05) is 42.5 Å². The summed E-state index contributed by atoms with van der Waals surface area (Å²) in [5.74, 6) is 1.21. The van der Waals surface area contributed by atoms with Crippen LogP contribution in [0.5, 0.6) is 0 Å². The lowest BCUT2D eigenvalue weighted by atomic mass is 9.84. The summed E-state index contributed by atoms with van der Waals surface area (Å²) in [6, 6.07) is 20.5. The van der Waals surface area contributed by atoms with Crippen LogP contribution in [0.3, 0.4) is 0 Å². The average molecular weight is 473 g/mol. The molecule has 1 atom stereocenters. The van der Waals surface area contributed by atoms with Crippen molar-refractivity contribution in [2.24, 2.45) is 11.8 Å². The Balaban J connectivity index is 1.22. The number of carbonyl (C=O) groups excluding carboxylic acids is 1. The Morgan fingerprint density at radius 3 is 2.51 bits per heavy atom. The minimum Gasteiger partial charge on any atom is -0.380 e. The lowest BCUT2D eigenvalue weighted by Crippen LogP contribution is -2.52. The van der Waals surface area contributed by atoms with Crippen LogP contribution in [0.2, 0.25) is 0 Å². The first-order chi connectivity index (χ1) is 17.2. The maximum absolute atomic E-state index is 13.5. The van der Waals surface area contributed by atoms with Gasteiger partial charge in [-0.25, -0.2) is 0 Å². The molecular formula is C30H36N2O3. The van der Waals surface area contributed by atoms with Crippen LogP contribution < -0.4 is 0 Å². The zero-order valence-corrected chi connectivity index (χ0v) is 20.7. The van der Waals surface area contributed by atoms with Crippen molar-refractivity contribution in [2.45, 2.75) is 57.2 Å². The van der Waals surface area contributed by atoms with Gasteiger partial charge in [0.25, 0.3) is 0 Å². The van der Waals surface area contributed by atoms with Crippen molar-refractivity contribution >= 4 is 16.8 Å². The van der Waals surface area contributed by atoms with E-state index in [2.05, 4.69) is 64.1 Å². The standard InChI is InChI=1S/C30H36N2O3/c1-34-19-21-6-8-22(9-7-21)28-18-25-4-2-3-5-27(25)32(28)26-14-12-24(13-15-26)30(33)31-16-17-35-20-29(31)23-10-11-23/h2-9,18,23-24,26,29H,10-17,19-20H2,1H3. The minimum absolute atomic E-state index is 0.157. The van der Waals surface area contributed by atoms with Crippen LogP contribution >= 0.6 is 0 Å². The Labute approximate surface area is 208 Å². The van der Waals surface area contributed by atoms with Crippen LogP contribution in [0.25, 0.3) is 22.2 Å². The molecule has 2 aromatic carbocycles. The van der Waals surface area contributed by atoms with Crippen molar-refractivity contribution in [2.75, 3.05) is 26.9 Å². The zero-order chi connectivity index (χ0) is 23.8. The maximum atomic E-state index is 13.5. The third kappa shape index (κ3) is 4.52. The quantitative estimate of drug-likeness (QED) is 0.454. The number of para-hydroxylation sites is 1. The van der Waals surface area contributed by atoms with Gasteiger partial charge in [-0.15, -0.1) is 0 Å². The number of ether oxygens (including phenoxy) is 2. The number of carbonyl (C=O) groups is 1. The summed E-state index contributed by atoms with van der Waals surface area (Å²) in [6.07, 6.45) is 6.53. The maximum Gasteiger partial charge on any atom is 0.226 e.